The Morgan fingerprint density at radius 3 is 2.47 bits per heavy atom. The zero-order chi connectivity index (χ0) is 11.1. The molecule has 1 aliphatic carbocycles. The molecule has 1 fully saturated rings. The summed E-state index contributed by atoms with van der Waals surface area (Å²) in [6.07, 6.45) is 7.19. The zero-order valence-electron chi connectivity index (χ0n) is 10.1. The summed E-state index contributed by atoms with van der Waals surface area (Å²) < 4.78 is 0. The van der Waals surface area contributed by atoms with Crippen LogP contribution in [0.3, 0.4) is 0 Å². The molecule has 1 N–H and O–H groups in total. The van der Waals surface area contributed by atoms with Crippen LogP contribution in [0.25, 0.3) is 0 Å². The molecule has 0 aliphatic heterocycles. The monoisotopic (exact) mass is 208 g/mol. The first-order valence-corrected chi connectivity index (χ1v) is 6.35. The molecule has 15 heavy (non-hydrogen) atoms. The molecule has 2 heteroatoms. The summed E-state index contributed by atoms with van der Waals surface area (Å²) in [5.41, 5.74) is 0. The number of rotatable bonds is 5. The van der Waals surface area contributed by atoms with Gasteiger partial charge in [-0.1, -0.05) is 13.8 Å². The number of nitrogens with one attached hydrogen (secondary N) is 1. The highest BCUT2D eigenvalue weighted by molar-refractivity contribution is 4.88. The molecule has 0 aromatic rings. The summed E-state index contributed by atoms with van der Waals surface area (Å²) in [6.45, 7) is 5.70. The van der Waals surface area contributed by atoms with E-state index in [1.807, 2.05) is 0 Å². The van der Waals surface area contributed by atoms with E-state index in [1.165, 1.54) is 25.7 Å². The third kappa shape index (κ3) is 5.18. The van der Waals surface area contributed by atoms with Crippen LogP contribution < -0.4 is 5.32 Å². The molecule has 1 saturated carbocycles. The van der Waals surface area contributed by atoms with Gasteiger partial charge in [0.2, 0.25) is 0 Å². The topological polar surface area (TPSA) is 35.8 Å². The van der Waals surface area contributed by atoms with Gasteiger partial charge in [0.15, 0.2) is 0 Å². The average molecular weight is 208 g/mol. The van der Waals surface area contributed by atoms with E-state index in [0.717, 1.165) is 25.3 Å². The number of hydrogen-bond acceptors (Lipinski definition) is 2. The number of hydrogen-bond donors (Lipinski definition) is 1. The summed E-state index contributed by atoms with van der Waals surface area (Å²) in [6, 6.07) is 3.06. The van der Waals surface area contributed by atoms with Gasteiger partial charge in [-0.15, -0.1) is 0 Å². The van der Waals surface area contributed by atoms with Gasteiger partial charge in [-0.25, -0.2) is 0 Å². The van der Waals surface area contributed by atoms with Gasteiger partial charge >= 0.3 is 0 Å². The van der Waals surface area contributed by atoms with Crippen molar-refractivity contribution in [3.05, 3.63) is 0 Å². The van der Waals surface area contributed by atoms with Crippen LogP contribution in [0, 0.1) is 23.2 Å². The van der Waals surface area contributed by atoms with Crippen LogP contribution in [0.5, 0.6) is 0 Å². The van der Waals surface area contributed by atoms with Crippen molar-refractivity contribution in [3.8, 4) is 6.07 Å². The molecule has 0 aromatic heterocycles. The van der Waals surface area contributed by atoms with Crippen LogP contribution in [0.4, 0.5) is 0 Å². The Morgan fingerprint density at radius 1 is 1.27 bits per heavy atom. The Morgan fingerprint density at radius 2 is 1.93 bits per heavy atom. The van der Waals surface area contributed by atoms with E-state index in [1.54, 1.807) is 0 Å². The van der Waals surface area contributed by atoms with Crippen LogP contribution in [-0.4, -0.2) is 12.6 Å². The minimum Gasteiger partial charge on any atom is -0.314 e. The largest absolute Gasteiger partial charge is 0.314 e. The quantitative estimate of drug-likeness (QED) is 0.705. The highest BCUT2D eigenvalue weighted by Gasteiger charge is 2.19. The SMILES string of the molecule is CC(C)CCCNC1CCC(C#N)CC1. The highest BCUT2D eigenvalue weighted by Crippen LogP contribution is 2.23. The van der Waals surface area contributed by atoms with Gasteiger partial charge in [0.05, 0.1) is 6.07 Å². The van der Waals surface area contributed by atoms with Gasteiger partial charge < -0.3 is 5.32 Å². The first kappa shape index (κ1) is 12.5. The molecule has 0 unspecified atom stereocenters. The fraction of sp³-hybridized carbons (Fsp3) is 0.923. The molecule has 86 valence electrons. The summed E-state index contributed by atoms with van der Waals surface area (Å²) >= 11 is 0. The Bertz CT molecular complexity index is 197. The van der Waals surface area contributed by atoms with Crippen LogP contribution >= 0.6 is 0 Å². The maximum absolute atomic E-state index is 8.78. The number of nitriles is 1. The Kier molecular flexibility index (Phi) is 5.71. The maximum atomic E-state index is 8.78. The molecule has 0 saturated heterocycles. The smallest absolute Gasteiger partial charge is 0.0655 e. The average Bonchev–Trinajstić information content (AvgIpc) is 2.25. The second kappa shape index (κ2) is 6.85. The van der Waals surface area contributed by atoms with Gasteiger partial charge in [-0.3, -0.25) is 0 Å². The van der Waals surface area contributed by atoms with Crippen molar-refractivity contribution in [2.24, 2.45) is 11.8 Å². The highest BCUT2D eigenvalue weighted by atomic mass is 14.9. The third-order valence-corrected chi connectivity index (χ3v) is 3.30. The second-order valence-corrected chi connectivity index (χ2v) is 5.17. The Balaban J connectivity index is 2.02. The van der Waals surface area contributed by atoms with Crippen LogP contribution in [-0.2, 0) is 0 Å². The van der Waals surface area contributed by atoms with Crippen molar-refractivity contribution in [2.45, 2.75) is 58.4 Å². The van der Waals surface area contributed by atoms with Gasteiger partial charge in [0.25, 0.3) is 0 Å². The lowest BCUT2D eigenvalue weighted by Gasteiger charge is -2.25. The maximum Gasteiger partial charge on any atom is 0.0655 e. The molecule has 1 aliphatic rings. The first-order valence-electron chi connectivity index (χ1n) is 6.35. The standard InChI is InChI=1S/C13H24N2/c1-11(2)4-3-9-15-13-7-5-12(10-14)6-8-13/h11-13,15H,3-9H2,1-2H3. The van der Waals surface area contributed by atoms with E-state index in [2.05, 4.69) is 25.2 Å². The molecule has 0 atom stereocenters. The van der Waals surface area contributed by atoms with Gasteiger partial charge in [-0.05, 0) is 51.0 Å². The summed E-state index contributed by atoms with van der Waals surface area (Å²) in [7, 11) is 0. The van der Waals surface area contributed by atoms with Crippen molar-refractivity contribution < 1.29 is 0 Å². The van der Waals surface area contributed by atoms with Crippen molar-refractivity contribution in [3.63, 3.8) is 0 Å². The van der Waals surface area contributed by atoms with Crippen molar-refractivity contribution in [2.75, 3.05) is 6.54 Å². The lowest BCUT2D eigenvalue weighted by atomic mass is 9.87. The minimum atomic E-state index is 0.332. The third-order valence-electron chi connectivity index (χ3n) is 3.30. The minimum absolute atomic E-state index is 0.332. The van der Waals surface area contributed by atoms with Gasteiger partial charge in [-0.2, -0.15) is 5.26 Å². The Hall–Kier alpha value is -0.550. The molecule has 0 heterocycles. The van der Waals surface area contributed by atoms with E-state index in [-0.39, 0.29) is 0 Å². The van der Waals surface area contributed by atoms with Crippen molar-refractivity contribution >= 4 is 0 Å². The van der Waals surface area contributed by atoms with E-state index >= 15 is 0 Å². The second-order valence-electron chi connectivity index (χ2n) is 5.17. The number of nitrogens with zero attached hydrogens (tertiary/aromatic N) is 1. The van der Waals surface area contributed by atoms with E-state index < -0.39 is 0 Å². The molecule has 0 amide bonds. The summed E-state index contributed by atoms with van der Waals surface area (Å²) in [5.74, 6) is 1.15. The van der Waals surface area contributed by atoms with Gasteiger partial charge in [0.1, 0.15) is 0 Å². The van der Waals surface area contributed by atoms with Crippen LogP contribution in [0.2, 0.25) is 0 Å². The molecule has 0 spiro atoms. The van der Waals surface area contributed by atoms with Crippen molar-refractivity contribution in [1.29, 1.82) is 5.26 Å². The fourth-order valence-electron chi connectivity index (χ4n) is 2.24. The Labute approximate surface area is 94.1 Å². The molecule has 0 radical (unpaired) electrons. The summed E-state index contributed by atoms with van der Waals surface area (Å²) in [5, 5.41) is 12.4. The lowest BCUT2D eigenvalue weighted by molar-refractivity contribution is 0.328. The molecule has 0 aromatic carbocycles. The van der Waals surface area contributed by atoms with E-state index in [9.17, 15) is 0 Å². The molecule has 1 rings (SSSR count). The van der Waals surface area contributed by atoms with Crippen LogP contribution in [0.1, 0.15) is 52.4 Å². The molecular weight excluding hydrogens is 184 g/mol. The van der Waals surface area contributed by atoms with E-state index in [0.29, 0.717) is 12.0 Å². The first-order chi connectivity index (χ1) is 7.22. The predicted molar refractivity (Wildman–Crippen MR) is 63.4 cm³/mol. The summed E-state index contributed by atoms with van der Waals surface area (Å²) in [4.78, 5) is 0. The fourth-order valence-corrected chi connectivity index (χ4v) is 2.24. The predicted octanol–water partition coefficient (Wildman–Crippen LogP) is 3.09. The van der Waals surface area contributed by atoms with Gasteiger partial charge in [0, 0.05) is 12.0 Å². The van der Waals surface area contributed by atoms with Crippen molar-refractivity contribution in [1.82, 2.24) is 5.32 Å². The normalized spacial score (nSPS) is 26.5. The lowest BCUT2D eigenvalue weighted by Crippen LogP contribution is -2.33. The van der Waals surface area contributed by atoms with Crippen LogP contribution in [0.15, 0.2) is 0 Å². The van der Waals surface area contributed by atoms with E-state index in [4.69, 9.17) is 5.26 Å². The molecular formula is C13H24N2. The molecule has 2 nitrogen and oxygen atoms in total. The molecule has 0 bridgehead atoms. The zero-order valence-corrected chi connectivity index (χ0v) is 10.1.